The lowest BCUT2D eigenvalue weighted by molar-refractivity contribution is 0.259. The molecule has 0 atom stereocenters. The molecule has 104 valence electrons. The summed E-state index contributed by atoms with van der Waals surface area (Å²) in [6, 6.07) is 9.71. The zero-order chi connectivity index (χ0) is 14.4. The number of urea groups is 1. The van der Waals surface area contributed by atoms with Gasteiger partial charge in [-0.05, 0) is 37.3 Å². The van der Waals surface area contributed by atoms with Crippen LogP contribution in [0, 0.1) is 0 Å². The van der Waals surface area contributed by atoms with Crippen LogP contribution < -0.4 is 20.5 Å². The SMILES string of the molecule is CCOc1ccc(Oc2ccc(NC(N)=O)cc2)nc1. The van der Waals surface area contributed by atoms with Gasteiger partial charge in [-0.1, -0.05) is 0 Å². The molecule has 20 heavy (non-hydrogen) atoms. The van der Waals surface area contributed by atoms with Crippen molar-refractivity contribution >= 4 is 11.7 Å². The fourth-order valence-corrected chi connectivity index (χ4v) is 1.55. The number of pyridine rings is 1. The van der Waals surface area contributed by atoms with E-state index in [0.29, 0.717) is 29.7 Å². The van der Waals surface area contributed by atoms with Gasteiger partial charge in [0, 0.05) is 11.8 Å². The van der Waals surface area contributed by atoms with Crippen LogP contribution in [0.5, 0.6) is 17.4 Å². The minimum Gasteiger partial charge on any atom is -0.492 e. The number of nitrogens with zero attached hydrogens (tertiary/aromatic N) is 1. The Balaban J connectivity index is 2.00. The van der Waals surface area contributed by atoms with Crippen molar-refractivity contribution in [3.8, 4) is 17.4 Å². The van der Waals surface area contributed by atoms with Crippen molar-refractivity contribution < 1.29 is 14.3 Å². The summed E-state index contributed by atoms with van der Waals surface area (Å²) in [7, 11) is 0. The lowest BCUT2D eigenvalue weighted by Gasteiger charge is -2.07. The normalized spacial score (nSPS) is 9.85. The summed E-state index contributed by atoms with van der Waals surface area (Å²) in [5.41, 5.74) is 5.62. The van der Waals surface area contributed by atoms with Crippen LogP contribution in [0.1, 0.15) is 6.92 Å². The van der Waals surface area contributed by atoms with Crippen LogP contribution >= 0.6 is 0 Å². The predicted octanol–water partition coefficient (Wildman–Crippen LogP) is 2.76. The lowest BCUT2D eigenvalue weighted by atomic mass is 10.3. The first-order chi connectivity index (χ1) is 9.67. The minimum absolute atomic E-state index is 0.462. The monoisotopic (exact) mass is 273 g/mol. The highest BCUT2D eigenvalue weighted by Gasteiger charge is 2.01. The van der Waals surface area contributed by atoms with Crippen LogP contribution in [-0.4, -0.2) is 17.6 Å². The molecule has 2 rings (SSSR count). The Kier molecular flexibility index (Phi) is 4.39. The number of aromatic nitrogens is 1. The van der Waals surface area contributed by atoms with Crippen LogP contribution in [0.4, 0.5) is 10.5 Å². The summed E-state index contributed by atoms with van der Waals surface area (Å²) in [5.74, 6) is 1.77. The molecule has 0 saturated heterocycles. The minimum atomic E-state index is -0.605. The number of amides is 2. The van der Waals surface area contributed by atoms with Gasteiger partial charge < -0.3 is 20.5 Å². The number of carbonyl (C=O) groups excluding carboxylic acids is 1. The van der Waals surface area contributed by atoms with E-state index < -0.39 is 6.03 Å². The molecule has 0 aliphatic heterocycles. The van der Waals surface area contributed by atoms with Gasteiger partial charge in [0.1, 0.15) is 11.5 Å². The highest BCUT2D eigenvalue weighted by molar-refractivity contribution is 5.87. The predicted molar refractivity (Wildman–Crippen MR) is 75.1 cm³/mol. The van der Waals surface area contributed by atoms with Gasteiger partial charge in [0.2, 0.25) is 5.88 Å². The summed E-state index contributed by atoms with van der Waals surface area (Å²) in [6.07, 6.45) is 1.60. The maximum atomic E-state index is 10.7. The molecule has 0 radical (unpaired) electrons. The van der Waals surface area contributed by atoms with Crippen molar-refractivity contribution in [3.63, 3.8) is 0 Å². The fraction of sp³-hybridized carbons (Fsp3) is 0.143. The first-order valence-corrected chi connectivity index (χ1v) is 6.10. The van der Waals surface area contributed by atoms with E-state index in [1.807, 2.05) is 6.92 Å². The number of benzene rings is 1. The third kappa shape index (κ3) is 3.88. The molecule has 1 aromatic carbocycles. The van der Waals surface area contributed by atoms with Crippen molar-refractivity contribution in [3.05, 3.63) is 42.6 Å². The molecule has 6 heteroatoms. The van der Waals surface area contributed by atoms with Crippen LogP contribution in [0.15, 0.2) is 42.6 Å². The smallest absolute Gasteiger partial charge is 0.316 e. The maximum absolute atomic E-state index is 10.7. The second-order valence-electron chi connectivity index (χ2n) is 3.88. The van der Waals surface area contributed by atoms with Crippen molar-refractivity contribution in [2.24, 2.45) is 5.73 Å². The van der Waals surface area contributed by atoms with Gasteiger partial charge >= 0.3 is 6.03 Å². The van der Waals surface area contributed by atoms with Gasteiger partial charge in [-0.25, -0.2) is 9.78 Å². The van der Waals surface area contributed by atoms with E-state index >= 15 is 0 Å². The van der Waals surface area contributed by atoms with Gasteiger partial charge in [-0.2, -0.15) is 0 Å². The lowest BCUT2D eigenvalue weighted by Crippen LogP contribution is -2.19. The molecule has 1 heterocycles. The van der Waals surface area contributed by atoms with Gasteiger partial charge in [0.25, 0.3) is 0 Å². The standard InChI is InChI=1S/C14H15N3O3/c1-2-19-12-7-8-13(16-9-12)20-11-5-3-10(4-6-11)17-14(15)18/h3-9H,2H2,1H3,(H3,15,17,18). The average molecular weight is 273 g/mol. The second kappa shape index (κ2) is 6.42. The largest absolute Gasteiger partial charge is 0.492 e. The quantitative estimate of drug-likeness (QED) is 0.877. The summed E-state index contributed by atoms with van der Waals surface area (Å²) < 4.78 is 10.9. The Hall–Kier alpha value is -2.76. The van der Waals surface area contributed by atoms with Crippen molar-refractivity contribution in [1.82, 2.24) is 4.98 Å². The van der Waals surface area contributed by atoms with Gasteiger partial charge in [-0.15, -0.1) is 0 Å². The van der Waals surface area contributed by atoms with Gasteiger partial charge in [0.15, 0.2) is 0 Å². The molecular weight excluding hydrogens is 258 g/mol. The number of rotatable bonds is 5. The molecule has 0 saturated carbocycles. The van der Waals surface area contributed by atoms with E-state index in [2.05, 4.69) is 10.3 Å². The maximum Gasteiger partial charge on any atom is 0.316 e. The van der Waals surface area contributed by atoms with Crippen molar-refractivity contribution in [2.75, 3.05) is 11.9 Å². The first-order valence-electron chi connectivity index (χ1n) is 6.10. The number of anilines is 1. The number of carbonyl (C=O) groups is 1. The first kappa shape index (κ1) is 13.7. The fourth-order valence-electron chi connectivity index (χ4n) is 1.55. The van der Waals surface area contributed by atoms with Gasteiger partial charge in [0.05, 0.1) is 12.8 Å². The Morgan fingerprint density at radius 2 is 1.90 bits per heavy atom. The molecule has 3 N–H and O–H groups in total. The Morgan fingerprint density at radius 3 is 2.45 bits per heavy atom. The molecule has 0 unspecified atom stereocenters. The second-order valence-corrected chi connectivity index (χ2v) is 3.88. The highest BCUT2D eigenvalue weighted by Crippen LogP contribution is 2.22. The molecule has 6 nitrogen and oxygen atoms in total. The molecule has 0 aliphatic rings. The zero-order valence-electron chi connectivity index (χ0n) is 11.0. The molecule has 1 aromatic heterocycles. The number of hydrogen-bond donors (Lipinski definition) is 2. The number of nitrogens with two attached hydrogens (primary N) is 1. The summed E-state index contributed by atoms with van der Waals surface area (Å²) >= 11 is 0. The van der Waals surface area contributed by atoms with E-state index in [0.717, 1.165) is 0 Å². The number of primary amides is 1. The summed E-state index contributed by atoms with van der Waals surface area (Å²) in [4.78, 5) is 14.8. The number of hydrogen-bond acceptors (Lipinski definition) is 4. The van der Waals surface area contributed by atoms with Crippen LogP contribution in [0.3, 0.4) is 0 Å². The molecule has 0 spiro atoms. The molecular formula is C14H15N3O3. The Bertz CT molecular complexity index is 567. The van der Waals surface area contributed by atoms with Crippen LogP contribution in [-0.2, 0) is 0 Å². The molecule has 2 aromatic rings. The van der Waals surface area contributed by atoms with Gasteiger partial charge in [-0.3, -0.25) is 0 Å². The molecule has 2 amide bonds. The van der Waals surface area contributed by atoms with E-state index in [4.69, 9.17) is 15.2 Å². The van der Waals surface area contributed by atoms with E-state index in [1.54, 1.807) is 42.6 Å². The van der Waals surface area contributed by atoms with Crippen molar-refractivity contribution in [2.45, 2.75) is 6.92 Å². The van der Waals surface area contributed by atoms with Crippen molar-refractivity contribution in [1.29, 1.82) is 0 Å². The number of ether oxygens (including phenoxy) is 2. The molecule has 0 aliphatic carbocycles. The number of nitrogens with one attached hydrogen (secondary N) is 1. The Morgan fingerprint density at radius 1 is 1.20 bits per heavy atom. The topological polar surface area (TPSA) is 86.5 Å². The third-order valence-corrected chi connectivity index (χ3v) is 2.36. The van der Waals surface area contributed by atoms with Crippen LogP contribution in [0.2, 0.25) is 0 Å². The Labute approximate surface area is 116 Å². The van der Waals surface area contributed by atoms with Crippen LogP contribution in [0.25, 0.3) is 0 Å². The third-order valence-electron chi connectivity index (χ3n) is 2.36. The van der Waals surface area contributed by atoms with E-state index in [1.165, 1.54) is 0 Å². The molecule has 0 bridgehead atoms. The molecule has 0 fully saturated rings. The zero-order valence-corrected chi connectivity index (χ0v) is 11.0. The van der Waals surface area contributed by atoms with E-state index in [-0.39, 0.29) is 0 Å². The summed E-state index contributed by atoms with van der Waals surface area (Å²) in [5, 5.41) is 2.47. The average Bonchev–Trinajstić information content (AvgIpc) is 2.43. The highest BCUT2D eigenvalue weighted by atomic mass is 16.5. The summed E-state index contributed by atoms with van der Waals surface area (Å²) in [6.45, 7) is 2.50. The van der Waals surface area contributed by atoms with E-state index in [9.17, 15) is 4.79 Å².